The zero-order valence-corrected chi connectivity index (χ0v) is 16.4. The average Bonchev–Trinajstić information content (AvgIpc) is 2.77. The zero-order valence-electron chi connectivity index (χ0n) is 16.4. The summed E-state index contributed by atoms with van der Waals surface area (Å²) >= 11 is 0. The molecular formula is C20H20F2N6O2. The first-order chi connectivity index (χ1) is 14.3. The van der Waals surface area contributed by atoms with E-state index in [0.29, 0.717) is 0 Å². The van der Waals surface area contributed by atoms with E-state index in [2.05, 4.69) is 25.1 Å². The lowest BCUT2D eigenvalue weighted by molar-refractivity contribution is 0.102. The van der Waals surface area contributed by atoms with Gasteiger partial charge in [-0.1, -0.05) is 0 Å². The predicted molar refractivity (Wildman–Crippen MR) is 106 cm³/mol. The number of methoxy groups -OCH3 is 1. The van der Waals surface area contributed by atoms with E-state index in [1.807, 2.05) is 0 Å². The number of benzene rings is 1. The molecule has 0 spiro atoms. The fraction of sp³-hybridized carbons (Fsp3) is 0.350. The van der Waals surface area contributed by atoms with Gasteiger partial charge in [0, 0.05) is 24.6 Å². The minimum Gasteiger partial charge on any atom is -0.480 e. The smallest absolute Gasteiger partial charge is 0.285 e. The van der Waals surface area contributed by atoms with E-state index in [1.54, 1.807) is 6.92 Å². The highest BCUT2D eigenvalue weighted by molar-refractivity contribution is 6.02. The van der Waals surface area contributed by atoms with Gasteiger partial charge in [0.2, 0.25) is 5.88 Å². The summed E-state index contributed by atoms with van der Waals surface area (Å²) in [5, 5.41) is 2.58. The Kier molecular flexibility index (Phi) is 5.64. The fourth-order valence-corrected chi connectivity index (χ4v) is 3.16. The number of aliphatic imine (C=N–C) groups is 1. The summed E-state index contributed by atoms with van der Waals surface area (Å²) in [6.45, 7) is 7.92. The van der Waals surface area contributed by atoms with Crippen molar-refractivity contribution >= 4 is 17.4 Å². The molecule has 30 heavy (non-hydrogen) atoms. The van der Waals surface area contributed by atoms with Crippen LogP contribution in [0.25, 0.3) is 4.85 Å². The Labute approximate surface area is 172 Å². The highest BCUT2D eigenvalue weighted by atomic mass is 19.1. The lowest BCUT2D eigenvalue weighted by Gasteiger charge is -2.35. The zero-order chi connectivity index (χ0) is 21.9. The molecule has 156 valence electrons. The number of aromatic nitrogens is 2. The van der Waals surface area contributed by atoms with E-state index >= 15 is 0 Å². The third-order valence-electron chi connectivity index (χ3n) is 5.17. The van der Waals surface area contributed by atoms with Gasteiger partial charge in [-0.2, -0.15) is 0 Å². The molecule has 1 aliphatic rings. The van der Waals surface area contributed by atoms with E-state index in [9.17, 15) is 13.6 Å². The molecule has 8 nitrogen and oxygen atoms in total. The van der Waals surface area contributed by atoms with Gasteiger partial charge in [-0.05, 0) is 24.6 Å². The first-order valence-electron chi connectivity index (χ1n) is 9.05. The third kappa shape index (κ3) is 3.78. The summed E-state index contributed by atoms with van der Waals surface area (Å²) in [6, 6.07) is 3.79. The summed E-state index contributed by atoms with van der Waals surface area (Å²) < 4.78 is 33.7. The average molecular weight is 414 g/mol. The Balaban J connectivity index is 1.93. The highest BCUT2D eigenvalue weighted by Crippen LogP contribution is 2.41. The predicted octanol–water partition coefficient (Wildman–Crippen LogP) is 2.87. The summed E-state index contributed by atoms with van der Waals surface area (Å²) in [7, 11) is 1.42. The number of halogens is 2. The molecule has 0 radical (unpaired) electrons. The van der Waals surface area contributed by atoms with Gasteiger partial charge < -0.3 is 20.6 Å². The Hall–Kier alpha value is -3.61. The Bertz CT molecular complexity index is 1040. The summed E-state index contributed by atoms with van der Waals surface area (Å²) in [6.07, 6.45) is 2.85. The van der Waals surface area contributed by atoms with Gasteiger partial charge in [-0.3, -0.25) is 9.79 Å². The van der Waals surface area contributed by atoms with E-state index in [0.717, 1.165) is 6.07 Å². The van der Waals surface area contributed by atoms with Crippen LogP contribution in [-0.4, -0.2) is 41.0 Å². The Morgan fingerprint density at radius 3 is 2.70 bits per heavy atom. The van der Waals surface area contributed by atoms with Gasteiger partial charge in [0.15, 0.2) is 5.84 Å². The second-order valence-corrected chi connectivity index (χ2v) is 7.14. The van der Waals surface area contributed by atoms with Crippen LogP contribution in [0, 0.1) is 12.4 Å². The molecular weight excluding hydrogens is 394 g/mol. The van der Waals surface area contributed by atoms with Crippen molar-refractivity contribution in [3.05, 3.63) is 59.1 Å². The van der Waals surface area contributed by atoms with Gasteiger partial charge in [0.25, 0.3) is 11.4 Å². The number of carbonyl (C=O) groups excluding carboxylic acids is 1. The molecule has 0 fully saturated rings. The number of nitrogens with two attached hydrogens (primary N) is 1. The topological polar surface area (TPSA) is 107 Å². The van der Waals surface area contributed by atoms with Crippen molar-refractivity contribution in [1.82, 2.24) is 9.97 Å². The standard InChI is InChI=1S/C20H20F2N6O2/c1-19(24-2)6-7-20(11-21,28-18(19)23)13-8-12(4-5-14(13)22)27-17(29)15-9-26-16(30-3)10-25-15/h4-5,8-10H,6-7,11H2,1,3H3,(H2,23,28)(H,27,29)/t19-,20-/m1/s1. The van der Waals surface area contributed by atoms with Crippen molar-refractivity contribution in [3.8, 4) is 5.88 Å². The Morgan fingerprint density at radius 1 is 1.37 bits per heavy atom. The number of rotatable bonds is 5. The number of nitrogens with zero attached hydrogens (tertiary/aromatic N) is 4. The molecule has 0 saturated carbocycles. The van der Waals surface area contributed by atoms with Gasteiger partial charge in [-0.25, -0.2) is 25.3 Å². The summed E-state index contributed by atoms with van der Waals surface area (Å²) in [4.78, 5) is 27.9. The molecule has 1 aromatic heterocycles. The Morgan fingerprint density at radius 2 is 2.13 bits per heavy atom. The maximum atomic E-state index is 14.6. The van der Waals surface area contributed by atoms with Crippen LogP contribution >= 0.6 is 0 Å². The molecule has 10 heteroatoms. The largest absolute Gasteiger partial charge is 0.480 e. The molecule has 2 heterocycles. The maximum Gasteiger partial charge on any atom is 0.285 e. The normalized spacial score (nSPS) is 23.2. The van der Waals surface area contributed by atoms with Crippen LogP contribution in [0.4, 0.5) is 14.5 Å². The van der Waals surface area contributed by atoms with E-state index in [1.165, 1.54) is 31.6 Å². The van der Waals surface area contributed by atoms with Crippen molar-refractivity contribution in [1.29, 1.82) is 0 Å². The van der Waals surface area contributed by atoms with Crippen LogP contribution < -0.4 is 15.8 Å². The first-order valence-corrected chi connectivity index (χ1v) is 9.05. The summed E-state index contributed by atoms with van der Waals surface area (Å²) in [5.74, 6) is -1.05. The molecule has 1 aliphatic heterocycles. The van der Waals surface area contributed by atoms with Crippen LogP contribution in [0.2, 0.25) is 0 Å². The third-order valence-corrected chi connectivity index (χ3v) is 5.17. The minimum atomic E-state index is -1.56. The first kappa shape index (κ1) is 21.1. The number of hydrogen-bond donors (Lipinski definition) is 2. The number of amidine groups is 1. The molecule has 1 aromatic carbocycles. The highest BCUT2D eigenvalue weighted by Gasteiger charge is 2.48. The lowest BCUT2D eigenvalue weighted by atomic mass is 9.78. The molecule has 0 saturated heterocycles. The quantitative estimate of drug-likeness (QED) is 0.732. The molecule has 3 N–H and O–H groups in total. The van der Waals surface area contributed by atoms with Gasteiger partial charge in [0.1, 0.15) is 23.7 Å². The number of ether oxygens (including phenoxy) is 1. The van der Waals surface area contributed by atoms with Crippen molar-refractivity contribution in [2.24, 2.45) is 10.7 Å². The van der Waals surface area contributed by atoms with Crippen molar-refractivity contribution < 1.29 is 18.3 Å². The number of hydrogen-bond acceptors (Lipinski definition) is 6. The van der Waals surface area contributed by atoms with E-state index < -0.39 is 29.5 Å². The van der Waals surface area contributed by atoms with Crippen LogP contribution in [0.15, 0.2) is 35.6 Å². The lowest BCUT2D eigenvalue weighted by Crippen LogP contribution is -2.47. The van der Waals surface area contributed by atoms with Crippen molar-refractivity contribution in [2.45, 2.75) is 30.8 Å². The van der Waals surface area contributed by atoms with Crippen LogP contribution in [0.3, 0.4) is 0 Å². The second-order valence-electron chi connectivity index (χ2n) is 7.14. The van der Waals surface area contributed by atoms with E-state index in [4.69, 9.17) is 17.0 Å². The van der Waals surface area contributed by atoms with Crippen LogP contribution in [0.5, 0.6) is 5.88 Å². The second kappa shape index (κ2) is 8.02. The SMILES string of the molecule is [C-]#[N+][C@]1(C)CC[C@@](CF)(c2cc(NC(=O)c3cnc(OC)cn3)ccc2F)N=C1N. The van der Waals surface area contributed by atoms with Crippen molar-refractivity contribution in [2.75, 3.05) is 19.1 Å². The number of amides is 1. The molecule has 2 aromatic rings. The molecule has 0 aliphatic carbocycles. The molecule has 2 atom stereocenters. The van der Waals surface area contributed by atoms with Crippen LogP contribution in [0.1, 0.15) is 35.8 Å². The van der Waals surface area contributed by atoms with Gasteiger partial charge in [-0.15, -0.1) is 0 Å². The molecule has 3 rings (SSSR count). The molecule has 0 unspecified atom stereocenters. The van der Waals surface area contributed by atoms with Crippen LogP contribution in [-0.2, 0) is 5.54 Å². The van der Waals surface area contributed by atoms with Crippen molar-refractivity contribution in [3.63, 3.8) is 0 Å². The molecule has 1 amide bonds. The maximum absolute atomic E-state index is 14.6. The number of nitrogens with one attached hydrogen (secondary N) is 1. The number of alkyl halides is 1. The fourth-order valence-electron chi connectivity index (χ4n) is 3.16. The number of anilines is 1. The molecule has 0 bridgehead atoms. The monoisotopic (exact) mass is 414 g/mol. The van der Waals surface area contributed by atoms with E-state index in [-0.39, 0.29) is 41.5 Å². The van der Waals surface area contributed by atoms with Gasteiger partial charge >= 0.3 is 0 Å². The summed E-state index contributed by atoms with van der Waals surface area (Å²) in [5.41, 5.74) is 3.54. The minimum absolute atomic E-state index is 0.0228. The number of carbonyl (C=O) groups is 1. The van der Waals surface area contributed by atoms with Gasteiger partial charge in [0.05, 0.1) is 19.5 Å².